The largest absolute Gasteiger partial charge is 0.351 e. The van der Waals surface area contributed by atoms with E-state index in [1.165, 1.54) is 12.8 Å². The smallest absolute Gasteiger partial charge is 0.270 e. The van der Waals surface area contributed by atoms with Gasteiger partial charge >= 0.3 is 0 Å². The molecule has 0 radical (unpaired) electrons. The highest BCUT2D eigenvalue weighted by Gasteiger charge is 2.35. The van der Waals surface area contributed by atoms with E-state index < -0.39 is 0 Å². The Balaban J connectivity index is 0.00000205. The van der Waals surface area contributed by atoms with Gasteiger partial charge in [0.15, 0.2) is 0 Å². The standard InChI is InChI=1S/C22H28N4O2.ClH/c27-21(13-15-11-17-5-6-18(12-15)23-17)25-7-9-26(10-8-25)22(28)20-14-16-3-1-2-4-19(16)24-20;/h1-4,14-15,17-18,23-24H,5-13H2;1H. The zero-order chi connectivity index (χ0) is 19.1. The predicted octanol–water partition coefficient (Wildman–Crippen LogP) is 2.79. The topological polar surface area (TPSA) is 68.4 Å². The molecule has 7 heteroatoms. The van der Waals surface area contributed by atoms with Crippen molar-refractivity contribution in [2.75, 3.05) is 26.2 Å². The van der Waals surface area contributed by atoms with Gasteiger partial charge in [-0.3, -0.25) is 9.59 Å². The molecule has 0 saturated carbocycles. The molecule has 29 heavy (non-hydrogen) atoms. The second-order valence-electron chi connectivity index (χ2n) is 8.62. The van der Waals surface area contributed by atoms with Crippen molar-refractivity contribution in [1.82, 2.24) is 20.1 Å². The van der Waals surface area contributed by atoms with Crippen LogP contribution in [0.15, 0.2) is 30.3 Å². The summed E-state index contributed by atoms with van der Waals surface area (Å²) in [7, 11) is 0. The summed E-state index contributed by atoms with van der Waals surface area (Å²) in [5.74, 6) is 0.819. The van der Waals surface area contributed by atoms with Crippen molar-refractivity contribution in [2.45, 2.75) is 44.2 Å². The van der Waals surface area contributed by atoms with E-state index in [1.54, 1.807) is 0 Å². The van der Waals surface area contributed by atoms with Gasteiger partial charge in [0.1, 0.15) is 5.69 Å². The van der Waals surface area contributed by atoms with Crippen LogP contribution in [-0.4, -0.2) is 64.9 Å². The second kappa shape index (κ2) is 8.36. The van der Waals surface area contributed by atoms with E-state index >= 15 is 0 Å². The Hall–Kier alpha value is -2.05. The molecule has 5 rings (SSSR count). The van der Waals surface area contributed by atoms with Gasteiger partial charge in [-0.05, 0) is 43.7 Å². The van der Waals surface area contributed by atoms with E-state index in [0.717, 1.165) is 23.7 Å². The van der Waals surface area contributed by atoms with Gasteiger partial charge in [-0.2, -0.15) is 0 Å². The second-order valence-corrected chi connectivity index (χ2v) is 8.62. The van der Waals surface area contributed by atoms with E-state index in [-0.39, 0.29) is 24.2 Å². The first-order valence-electron chi connectivity index (χ1n) is 10.6. The lowest BCUT2D eigenvalue weighted by Crippen LogP contribution is -2.51. The zero-order valence-corrected chi connectivity index (χ0v) is 17.4. The van der Waals surface area contributed by atoms with Crippen LogP contribution < -0.4 is 5.32 Å². The molecule has 3 aliphatic heterocycles. The quantitative estimate of drug-likeness (QED) is 0.808. The van der Waals surface area contributed by atoms with Crippen LogP contribution in [0.2, 0.25) is 0 Å². The molecular formula is C22H29ClN4O2. The third-order valence-corrected chi connectivity index (χ3v) is 6.71. The molecule has 3 fully saturated rings. The molecule has 0 aliphatic carbocycles. The molecule has 2 amide bonds. The average molecular weight is 417 g/mol. The molecule has 156 valence electrons. The van der Waals surface area contributed by atoms with Crippen molar-refractivity contribution in [1.29, 1.82) is 0 Å². The Bertz CT molecular complexity index is 845. The van der Waals surface area contributed by atoms with Crippen LogP contribution in [0, 0.1) is 5.92 Å². The van der Waals surface area contributed by atoms with Crippen molar-refractivity contribution in [2.24, 2.45) is 5.92 Å². The number of piperidine rings is 1. The number of nitrogens with one attached hydrogen (secondary N) is 2. The Morgan fingerprint density at radius 3 is 2.31 bits per heavy atom. The van der Waals surface area contributed by atoms with Crippen molar-refractivity contribution < 1.29 is 9.59 Å². The van der Waals surface area contributed by atoms with Gasteiger partial charge in [0.25, 0.3) is 5.91 Å². The predicted molar refractivity (Wildman–Crippen MR) is 115 cm³/mol. The maximum atomic E-state index is 12.8. The van der Waals surface area contributed by atoms with Gasteiger partial charge in [-0.25, -0.2) is 0 Å². The summed E-state index contributed by atoms with van der Waals surface area (Å²) in [6, 6.07) is 11.1. The highest BCUT2D eigenvalue weighted by atomic mass is 35.5. The average Bonchev–Trinajstić information content (AvgIpc) is 3.30. The first-order valence-corrected chi connectivity index (χ1v) is 10.6. The number of para-hydroxylation sites is 1. The third kappa shape index (κ3) is 4.14. The number of nitrogens with zero attached hydrogens (tertiary/aromatic N) is 2. The van der Waals surface area contributed by atoms with Crippen LogP contribution in [0.4, 0.5) is 0 Å². The normalized spacial score (nSPS) is 26.4. The lowest BCUT2D eigenvalue weighted by molar-refractivity contribution is -0.134. The molecule has 2 aromatic rings. The number of benzene rings is 1. The molecule has 2 N–H and O–H groups in total. The van der Waals surface area contributed by atoms with Gasteiger partial charge in [0, 0.05) is 55.6 Å². The number of piperazine rings is 1. The van der Waals surface area contributed by atoms with E-state index in [4.69, 9.17) is 0 Å². The van der Waals surface area contributed by atoms with Crippen LogP contribution >= 0.6 is 12.4 Å². The fraction of sp³-hybridized carbons (Fsp3) is 0.545. The number of hydrogen-bond donors (Lipinski definition) is 2. The molecule has 1 aromatic carbocycles. The van der Waals surface area contributed by atoms with Crippen LogP contribution in [-0.2, 0) is 4.79 Å². The summed E-state index contributed by atoms with van der Waals surface area (Å²) in [5, 5.41) is 4.70. The van der Waals surface area contributed by atoms with Crippen molar-refractivity contribution in [3.8, 4) is 0 Å². The number of aromatic nitrogens is 1. The van der Waals surface area contributed by atoms with E-state index in [2.05, 4.69) is 10.3 Å². The zero-order valence-electron chi connectivity index (χ0n) is 16.6. The maximum Gasteiger partial charge on any atom is 0.270 e. The minimum atomic E-state index is 0. The SMILES string of the molecule is Cl.O=C(CC1CC2CCC(C1)N2)N1CCN(C(=O)c2cc3ccccc3[nH]2)CC1. The fourth-order valence-electron chi connectivity index (χ4n) is 5.24. The van der Waals surface area contributed by atoms with Crippen molar-refractivity contribution in [3.05, 3.63) is 36.0 Å². The summed E-state index contributed by atoms with van der Waals surface area (Å²) in [4.78, 5) is 32.6. The number of H-pyrrole nitrogens is 1. The molecular weight excluding hydrogens is 388 g/mol. The first-order chi connectivity index (χ1) is 13.7. The third-order valence-electron chi connectivity index (χ3n) is 6.71. The number of hydrogen-bond acceptors (Lipinski definition) is 3. The van der Waals surface area contributed by atoms with E-state index in [0.29, 0.717) is 56.3 Å². The number of fused-ring (bicyclic) bond motifs is 3. The summed E-state index contributed by atoms with van der Waals surface area (Å²) in [6.07, 6.45) is 5.49. The minimum Gasteiger partial charge on any atom is -0.351 e. The van der Waals surface area contributed by atoms with Crippen molar-refractivity contribution in [3.63, 3.8) is 0 Å². The number of amides is 2. The van der Waals surface area contributed by atoms with Gasteiger partial charge in [0.2, 0.25) is 5.91 Å². The Labute approximate surface area is 177 Å². The summed E-state index contributed by atoms with van der Waals surface area (Å²) in [6.45, 7) is 2.50. The molecule has 2 bridgehead atoms. The maximum absolute atomic E-state index is 12.8. The van der Waals surface area contributed by atoms with Gasteiger partial charge in [-0.15, -0.1) is 12.4 Å². The highest BCUT2D eigenvalue weighted by Crippen LogP contribution is 2.33. The van der Waals surface area contributed by atoms with Crippen LogP contribution in [0.5, 0.6) is 0 Å². The van der Waals surface area contributed by atoms with E-state index in [1.807, 2.05) is 40.1 Å². The molecule has 4 heterocycles. The Morgan fingerprint density at radius 1 is 0.966 bits per heavy atom. The Morgan fingerprint density at radius 2 is 1.62 bits per heavy atom. The van der Waals surface area contributed by atoms with Crippen molar-refractivity contribution >= 4 is 35.1 Å². The number of carbonyl (C=O) groups is 2. The van der Waals surface area contributed by atoms with Gasteiger partial charge < -0.3 is 20.1 Å². The molecule has 3 aliphatic rings. The lowest BCUT2D eigenvalue weighted by Gasteiger charge is -2.36. The van der Waals surface area contributed by atoms with Crippen LogP contribution in [0.25, 0.3) is 10.9 Å². The summed E-state index contributed by atoms with van der Waals surface area (Å²) in [5.41, 5.74) is 1.61. The molecule has 1 aromatic heterocycles. The number of aromatic amines is 1. The Kier molecular flexibility index (Phi) is 5.83. The number of carbonyl (C=O) groups excluding carboxylic acids is 2. The summed E-state index contributed by atoms with van der Waals surface area (Å²) >= 11 is 0. The molecule has 2 unspecified atom stereocenters. The molecule has 0 spiro atoms. The molecule has 6 nitrogen and oxygen atoms in total. The number of halogens is 1. The fourth-order valence-corrected chi connectivity index (χ4v) is 5.24. The first kappa shape index (κ1) is 20.2. The monoisotopic (exact) mass is 416 g/mol. The van der Waals surface area contributed by atoms with Crippen LogP contribution in [0.3, 0.4) is 0 Å². The van der Waals surface area contributed by atoms with Crippen LogP contribution in [0.1, 0.15) is 42.6 Å². The van der Waals surface area contributed by atoms with Gasteiger partial charge in [-0.1, -0.05) is 18.2 Å². The van der Waals surface area contributed by atoms with Gasteiger partial charge in [0.05, 0.1) is 0 Å². The highest BCUT2D eigenvalue weighted by molar-refractivity contribution is 5.98. The number of rotatable bonds is 3. The minimum absolute atomic E-state index is 0. The summed E-state index contributed by atoms with van der Waals surface area (Å²) < 4.78 is 0. The lowest BCUT2D eigenvalue weighted by atomic mass is 9.89. The van der Waals surface area contributed by atoms with E-state index in [9.17, 15) is 9.59 Å². The molecule has 3 saturated heterocycles. The molecule has 2 atom stereocenters.